The Morgan fingerprint density at radius 1 is 1.23 bits per heavy atom. The molecule has 1 unspecified atom stereocenters. The number of hydrogen-bond donors (Lipinski definition) is 0. The summed E-state index contributed by atoms with van der Waals surface area (Å²) < 4.78 is 0.994. The lowest BCUT2D eigenvalue weighted by molar-refractivity contribution is -0.121. The number of anilines is 1. The molecule has 2 aliphatic rings. The molecular formula is C21H28BrN3O. The van der Waals surface area contributed by atoms with E-state index in [0.717, 1.165) is 36.9 Å². The van der Waals surface area contributed by atoms with Crippen molar-refractivity contribution in [3.8, 4) is 6.07 Å². The molecule has 0 radical (unpaired) electrons. The highest BCUT2D eigenvalue weighted by molar-refractivity contribution is 9.10. The van der Waals surface area contributed by atoms with Crippen LogP contribution in [0, 0.1) is 17.2 Å². The Kier molecular flexibility index (Phi) is 6.96. The van der Waals surface area contributed by atoms with E-state index in [9.17, 15) is 4.79 Å². The van der Waals surface area contributed by atoms with E-state index in [-0.39, 0.29) is 0 Å². The van der Waals surface area contributed by atoms with Crippen LogP contribution in [0.4, 0.5) is 5.69 Å². The van der Waals surface area contributed by atoms with Gasteiger partial charge in [0.05, 0.1) is 17.3 Å². The van der Waals surface area contributed by atoms with Crippen molar-refractivity contribution in [1.82, 2.24) is 4.90 Å². The lowest BCUT2D eigenvalue weighted by Crippen LogP contribution is -2.40. The average molecular weight is 418 g/mol. The Morgan fingerprint density at radius 3 is 2.73 bits per heavy atom. The maximum absolute atomic E-state index is 11.6. The third-order valence-corrected chi connectivity index (χ3v) is 6.55. The second-order valence-electron chi connectivity index (χ2n) is 7.66. The molecule has 0 spiro atoms. The van der Waals surface area contributed by atoms with Crippen molar-refractivity contribution < 1.29 is 4.79 Å². The van der Waals surface area contributed by atoms with Gasteiger partial charge in [0.15, 0.2) is 0 Å². The molecule has 2 fully saturated rings. The summed E-state index contributed by atoms with van der Waals surface area (Å²) in [5, 5.41) is 9.04. The van der Waals surface area contributed by atoms with Crippen molar-refractivity contribution in [3.63, 3.8) is 0 Å². The smallest absolute Gasteiger partial charge is 0.209 e. The number of nitrogens with zero attached hydrogens (tertiary/aromatic N) is 3. The Hall–Kier alpha value is -1.54. The molecule has 0 N–H and O–H groups in total. The van der Waals surface area contributed by atoms with Gasteiger partial charge in [-0.25, -0.2) is 0 Å². The summed E-state index contributed by atoms with van der Waals surface area (Å²) >= 11 is 3.62. The maximum atomic E-state index is 11.6. The highest BCUT2D eigenvalue weighted by atomic mass is 79.9. The van der Waals surface area contributed by atoms with Gasteiger partial charge in [-0.3, -0.25) is 4.79 Å². The summed E-state index contributed by atoms with van der Waals surface area (Å²) in [4.78, 5) is 16.0. The predicted octanol–water partition coefficient (Wildman–Crippen LogP) is 4.72. The molecule has 0 bridgehead atoms. The van der Waals surface area contributed by atoms with Gasteiger partial charge in [0.1, 0.15) is 0 Å². The van der Waals surface area contributed by atoms with E-state index in [4.69, 9.17) is 5.26 Å². The first-order valence-electron chi connectivity index (χ1n) is 9.87. The minimum atomic E-state index is 0.466. The number of amides is 1. The van der Waals surface area contributed by atoms with E-state index >= 15 is 0 Å². The number of carbonyl (C=O) groups excluding carboxylic acids is 1. The number of rotatable bonds is 6. The Labute approximate surface area is 165 Å². The van der Waals surface area contributed by atoms with Crippen LogP contribution >= 0.6 is 15.9 Å². The molecule has 1 aliphatic heterocycles. The Morgan fingerprint density at radius 2 is 2.04 bits per heavy atom. The zero-order chi connectivity index (χ0) is 18.4. The monoisotopic (exact) mass is 417 g/mol. The summed E-state index contributed by atoms with van der Waals surface area (Å²) in [6.07, 6.45) is 10.8. The predicted molar refractivity (Wildman–Crippen MR) is 108 cm³/mol. The molecule has 140 valence electrons. The van der Waals surface area contributed by atoms with Gasteiger partial charge in [0.25, 0.3) is 0 Å². The molecule has 3 rings (SSSR count). The van der Waals surface area contributed by atoms with Crippen LogP contribution in [0.1, 0.15) is 56.9 Å². The van der Waals surface area contributed by atoms with Crippen molar-refractivity contribution >= 4 is 28.0 Å². The van der Waals surface area contributed by atoms with Crippen molar-refractivity contribution in [2.24, 2.45) is 5.92 Å². The lowest BCUT2D eigenvalue weighted by atomic mass is 9.92. The van der Waals surface area contributed by atoms with E-state index in [1.807, 2.05) is 18.2 Å². The number of nitriles is 1. The number of benzene rings is 1. The number of piperidine rings is 1. The number of halogens is 1. The van der Waals surface area contributed by atoms with Crippen LogP contribution < -0.4 is 4.90 Å². The van der Waals surface area contributed by atoms with E-state index in [1.165, 1.54) is 50.6 Å². The summed E-state index contributed by atoms with van der Waals surface area (Å²) in [5.74, 6) is 0.623. The van der Waals surface area contributed by atoms with Gasteiger partial charge in [-0.1, -0.05) is 19.3 Å². The highest BCUT2D eigenvalue weighted by Crippen LogP contribution is 2.32. The fourth-order valence-electron chi connectivity index (χ4n) is 4.42. The fraction of sp³-hybridized carbons (Fsp3) is 0.619. The van der Waals surface area contributed by atoms with Crippen LogP contribution in [0.15, 0.2) is 22.7 Å². The first-order valence-corrected chi connectivity index (χ1v) is 10.7. The summed E-state index contributed by atoms with van der Waals surface area (Å²) in [5.41, 5.74) is 1.86. The second-order valence-corrected chi connectivity index (χ2v) is 8.51. The van der Waals surface area contributed by atoms with Crippen molar-refractivity contribution in [2.45, 2.75) is 57.4 Å². The van der Waals surface area contributed by atoms with Gasteiger partial charge in [-0.15, -0.1) is 0 Å². The third kappa shape index (κ3) is 4.79. The molecule has 1 amide bonds. The zero-order valence-corrected chi connectivity index (χ0v) is 17.0. The molecule has 0 aromatic heterocycles. The summed E-state index contributed by atoms with van der Waals surface area (Å²) in [6, 6.07) is 8.49. The SMILES string of the molecule is N#Cc1ccc(N2CCCC(CCN(C=O)C3CCCCC3)C2)c(Br)c1. The standard InChI is InChI=1S/C21H28BrN3O/c22-20-13-18(14-23)8-9-21(20)24-11-4-5-17(15-24)10-12-25(16-26)19-6-2-1-3-7-19/h8-9,13,16-17,19H,1-7,10-12,15H2. The van der Waals surface area contributed by atoms with Crippen LogP contribution in [-0.2, 0) is 4.79 Å². The van der Waals surface area contributed by atoms with Crippen LogP contribution in [0.25, 0.3) is 0 Å². The van der Waals surface area contributed by atoms with E-state index < -0.39 is 0 Å². The topological polar surface area (TPSA) is 47.3 Å². The van der Waals surface area contributed by atoms with Crippen LogP contribution in [0.5, 0.6) is 0 Å². The molecule has 1 heterocycles. The normalized spacial score (nSPS) is 21.2. The molecule has 26 heavy (non-hydrogen) atoms. The van der Waals surface area contributed by atoms with Gasteiger partial charge >= 0.3 is 0 Å². The molecule has 1 saturated carbocycles. The van der Waals surface area contributed by atoms with E-state index in [0.29, 0.717) is 17.5 Å². The van der Waals surface area contributed by atoms with E-state index in [1.54, 1.807) is 0 Å². The Bertz CT molecular complexity index is 651. The van der Waals surface area contributed by atoms with Crippen molar-refractivity contribution in [3.05, 3.63) is 28.2 Å². The average Bonchev–Trinajstić information content (AvgIpc) is 2.69. The number of hydrogen-bond acceptors (Lipinski definition) is 3. The lowest BCUT2D eigenvalue weighted by Gasteiger charge is -2.37. The van der Waals surface area contributed by atoms with Crippen LogP contribution in [-0.4, -0.2) is 37.0 Å². The zero-order valence-electron chi connectivity index (χ0n) is 15.4. The van der Waals surface area contributed by atoms with E-state index in [2.05, 4.69) is 31.8 Å². The first kappa shape index (κ1) is 19.2. The van der Waals surface area contributed by atoms with Gasteiger partial charge in [-0.2, -0.15) is 5.26 Å². The minimum absolute atomic E-state index is 0.466. The first-order chi connectivity index (χ1) is 12.7. The second kappa shape index (κ2) is 9.41. The van der Waals surface area contributed by atoms with Gasteiger partial charge in [-0.05, 0) is 72.2 Å². The van der Waals surface area contributed by atoms with Crippen LogP contribution in [0.2, 0.25) is 0 Å². The summed E-state index contributed by atoms with van der Waals surface area (Å²) in [7, 11) is 0. The Balaban J connectivity index is 1.56. The molecule has 1 aromatic rings. The molecule has 1 atom stereocenters. The quantitative estimate of drug-likeness (QED) is 0.629. The number of carbonyl (C=O) groups is 1. The molecule has 1 aromatic carbocycles. The largest absolute Gasteiger partial charge is 0.370 e. The molecule has 1 saturated heterocycles. The molecular weight excluding hydrogens is 390 g/mol. The molecule has 5 heteroatoms. The third-order valence-electron chi connectivity index (χ3n) is 5.91. The highest BCUT2D eigenvalue weighted by Gasteiger charge is 2.24. The van der Waals surface area contributed by atoms with Gasteiger partial charge in [0, 0.05) is 30.1 Å². The molecule has 4 nitrogen and oxygen atoms in total. The fourth-order valence-corrected chi connectivity index (χ4v) is 5.05. The van der Waals surface area contributed by atoms with Crippen molar-refractivity contribution in [2.75, 3.05) is 24.5 Å². The minimum Gasteiger partial charge on any atom is -0.370 e. The van der Waals surface area contributed by atoms with Crippen LogP contribution in [0.3, 0.4) is 0 Å². The molecule has 1 aliphatic carbocycles. The van der Waals surface area contributed by atoms with Gasteiger partial charge < -0.3 is 9.80 Å². The summed E-state index contributed by atoms with van der Waals surface area (Å²) in [6.45, 7) is 2.98. The van der Waals surface area contributed by atoms with Crippen molar-refractivity contribution in [1.29, 1.82) is 5.26 Å². The maximum Gasteiger partial charge on any atom is 0.209 e. The van der Waals surface area contributed by atoms with Gasteiger partial charge in [0.2, 0.25) is 6.41 Å².